The Morgan fingerprint density at radius 2 is 0.596 bits per heavy atom. The van der Waals surface area contributed by atoms with Crippen molar-refractivity contribution in [1.29, 1.82) is 0 Å². The molecule has 0 aliphatic carbocycles. The molecule has 10 aromatic rings. The minimum atomic E-state index is 1.17. The fourth-order valence-electron chi connectivity index (χ4n) is 8.44. The van der Waals surface area contributed by atoms with E-state index in [2.05, 4.69) is 205 Å². The summed E-state index contributed by atoms with van der Waals surface area (Å²) in [6.07, 6.45) is 0. The highest BCUT2D eigenvalue weighted by atomic mass is 15.0. The number of fused-ring (bicyclic) bond motifs is 6. The predicted octanol–water partition coefficient (Wildman–Crippen LogP) is 13.5. The highest BCUT2D eigenvalue weighted by Crippen LogP contribution is 2.41. The van der Waals surface area contributed by atoms with Crippen molar-refractivity contribution in [1.82, 2.24) is 9.13 Å². The zero-order chi connectivity index (χ0) is 34.8. The van der Waals surface area contributed by atoms with Crippen LogP contribution in [-0.2, 0) is 0 Å². The van der Waals surface area contributed by atoms with Gasteiger partial charge in [0.15, 0.2) is 0 Å². The summed E-state index contributed by atoms with van der Waals surface area (Å²) >= 11 is 0. The number of hydrogen-bond acceptors (Lipinski definition) is 0. The Balaban J connectivity index is 1.26. The Morgan fingerprint density at radius 1 is 0.288 bits per heavy atom. The van der Waals surface area contributed by atoms with Gasteiger partial charge in [-0.2, -0.15) is 0 Å². The number of nitrogens with zero attached hydrogens (tertiary/aromatic N) is 2. The summed E-state index contributed by atoms with van der Waals surface area (Å²) < 4.78 is 4.88. The molecule has 246 valence electrons. The molecule has 0 saturated carbocycles. The molecule has 0 unspecified atom stereocenters. The second-order valence-electron chi connectivity index (χ2n) is 13.9. The molecule has 0 bridgehead atoms. The lowest BCUT2D eigenvalue weighted by molar-refractivity contribution is 1.18. The van der Waals surface area contributed by atoms with E-state index in [1.807, 2.05) is 0 Å². The quantitative estimate of drug-likeness (QED) is 0.173. The summed E-state index contributed by atoms with van der Waals surface area (Å²) in [6.45, 7) is 4.38. The smallest absolute Gasteiger partial charge is 0.0541 e. The Hall–Kier alpha value is -6.64. The second kappa shape index (κ2) is 12.0. The molecule has 0 aliphatic rings. The van der Waals surface area contributed by atoms with Gasteiger partial charge in [0.05, 0.1) is 33.4 Å². The largest absolute Gasteiger partial charge is 0.309 e. The SMILES string of the molecule is Cc1cc(C)cc(-c2cc(-c3ccccc3-n3c4ccccc4c4ccccc43)cc(-c3ccccc3-n3c4ccccc4c4ccccc43)c2)c1. The van der Waals surface area contributed by atoms with Crippen LogP contribution in [0.5, 0.6) is 0 Å². The first-order valence-electron chi connectivity index (χ1n) is 18.0. The monoisotopic (exact) mass is 664 g/mol. The van der Waals surface area contributed by atoms with Gasteiger partial charge in [-0.1, -0.05) is 139 Å². The van der Waals surface area contributed by atoms with Crippen LogP contribution < -0.4 is 0 Å². The van der Waals surface area contributed by atoms with Gasteiger partial charge in [0, 0.05) is 32.7 Å². The average Bonchev–Trinajstić information content (AvgIpc) is 3.70. The fraction of sp³-hybridized carbons (Fsp3) is 0.0400. The Morgan fingerprint density at radius 3 is 1.00 bits per heavy atom. The summed E-state index contributed by atoms with van der Waals surface area (Å²) in [4.78, 5) is 0. The van der Waals surface area contributed by atoms with Crippen LogP contribution in [-0.4, -0.2) is 9.13 Å². The van der Waals surface area contributed by atoms with Gasteiger partial charge in [0.25, 0.3) is 0 Å². The van der Waals surface area contributed by atoms with E-state index in [0.29, 0.717) is 0 Å². The van der Waals surface area contributed by atoms with E-state index in [4.69, 9.17) is 0 Å². The van der Waals surface area contributed by atoms with Gasteiger partial charge in [-0.05, 0) is 90.7 Å². The van der Waals surface area contributed by atoms with E-state index in [1.165, 1.54) is 99.5 Å². The van der Waals surface area contributed by atoms with Crippen LogP contribution in [0.2, 0.25) is 0 Å². The third kappa shape index (κ3) is 4.80. The van der Waals surface area contributed by atoms with Crippen molar-refractivity contribution in [2.45, 2.75) is 13.8 Å². The van der Waals surface area contributed by atoms with Crippen LogP contribution in [0, 0.1) is 13.8 Å². The summed E-state index contributed by atoms with van der Waals surface area (Å²) in [7, 11) is 0. The molecule has 0 atom stereocenters. The minimum absolute atomic E-state index is 1.17. The lowest BCUT2D eigenvalue weighted by atomic mass is 9.91. The zero-order valence-corrected chi connectivity index (χ0v) is 29.2. The normalized spacial score (nSPS) is 11.7. The van der Waals surface area contributed by atoms with Crippen molar-refractivity contribution in [3.8, 4) is 44.8 Å². The molecule has 52 heavy (non-hydrogen) atoms. The van der Waals surface area contributed by atoms with Gasteiger partial charge in [-0.15, -0.1) is 0 Å². The molecule has 0 N–H and O–H groups in total. The van der Waals surface area contributed by atoms with Crippen LogP contribution in [0.4, 0.5) is 0 Å². The van der Waals surface area contributed by atoms with Crippen molar-refractivity contribution >= 4 is 43.6 Å². The van der Waals surface area contributed by atoms with E-state index >= 15 is 0 Å². The number of aromatic nitrogens is 2. The van der Waals surface area contributed by atoms with E-state index < -0.39 is 0 Å². The maximum atomic E-state index is 2.44. The number of aryl methyl sites for hydroxylation is 2. The third-order valence-electron chi connectivity index (χ3n) is 10.6. The number of benzene rings is 8. The van der Waals surface area contributed by atoms with Crippen LogP contribution >= 0.6 is 0 Å². The molecule has 8 aromatic carbocycles. The lowest BCUT2D eigenvalue weighted by Crippen LogP contribution is -1.99. The first kappa shape index (κ1) is 30.2. The van der Waals surface area contributed by atoms with Crippen molar-refractivity contribution < 1.29 is 0 Å². The summed E-state index contributed by atoms with van der Waals surface area (Å²) in [5, 5.41) is 5.05. The number of para-hydroxylation sites is 6. The standard InChI is InChI=1S/C50H36N2/c1-33-27-34(2)29-35(28-33)36-30-37(39-15-3-9-21-45(39)51-47-23-11-5-17-41(47)42-18-6-12-24-48(42)51)32-38(31-36)40-16-4-10-22-46(40)52-49-25-13-7-19-43(49)44-20-8-14-26-50(44)52/h3-32H,1-2H3. The van der Waals surface area contributed by atoms with Crippen molar-refractivity contribution in [3.63, 3.8) is 0 Å². The van der Waals surface area contributed by atoms with Crippen molar-refractivity contribution in [2.75, 3.05) is 0 Å². The van der Waals surface area contributed by atoms with E-state index in [9.17, 15) is 0 Å². The molecule has 10 rings (SSSR count). The van der Waals surface area contributed by atoms with Gasteiger partial charge >= 0.3 is 0 Å². The highest BCUT2D eigenvalue weighted by molar-refractivity contribution is 6.11. The molecular weight excluding hydrogens is 629 g/mol. The van der Waals surface area contributed by atoms with E-state index in [-0.39, 0.29) is 0 Å². The predicted molar refractivity (Wildman–Crippen MR) is 221 cm³/mol. The molecule has 2 heterocycles. The van der Waals surface area contributed by atoms with Gasteiger partial charge in [-0.25, -0.2) is 0 Å². The van der Waals surface area contributed by atoms with Gasteiger partial charge in [-0.3, -0.25) is 0 Å². The summed E-state index contributed by atoms with van der Waals surface area (Å²) in [5.74, 6) is 0. The molecule has 0 saturated heterocycles. The van der Waals surface area contributed by atoms with Crippen LogP contribution in [0.3, 0.4) is 0 Å². The van der Waals surface area contributed by atoms with Gasteiger partial charge in [0.2, 0.25) is 0 Å². The van der Waals surface area contributed by atoms with E-state index in [1.54, 1.807) is 0 Å². The van der Waals surface area contributed by atoms with Crippen molar-refractivity contribution in [2.24, 2.45) is 0 Å². The van der Waals surface area contributed by atoms with Gasteiger partial charge in [0.1, 0.15) is 0 Å². The number of rotatable bonds is 5. The highest BCUT2D eigenvalue weighted by Gasteiger charge is 2.19. The summed E-state index contributed by atoms with van der Waals surface area (Å²) in [6, 6.07) is 66.8. The zero-order valence-electron chi connectivity index (χ0n) is 29.2. The molecule has 2 aromatic heterocycles. The molecule has 0 aliphatic heterocycles. The molecule has 0 radical (unpaired) electrons. The molecular formula is C50H36N2. The fourth-order valence-corrected chi connectivity index (χ4v) is 8.44. The summed E-state index contributed by atoms with van der Waals surface area (Å²) in [5.41, 5.74) is 16.9. The average molecular weight is 665 g/mol. The Bertz CT molecular complexity index is 2690. The molecule has 2 heteroatoms. The molecule has 0 fully saturated rings. The Kier molecular flexibility index (Phi) is 6.97. The van der Waals surface area contributed by atoms with Crippen LogP contribution in [0.25, 0.3) is 88.4 Å². The van der Waals surface area contributed by atoms with Gasteiger partial charge < -0.3 is 9.13 Å². The lowest BCUT2D eigenvalue weighted by Gasteiger charge is -2.18. The third-order valence-corrected chi connectivity index (χ3v) is 10.6. The van der Waals surface area contributed by atoms with Crippen LogP contribution in [0.15, 0.2) is 182 Å². The van der Waals surface area contributed by atoms with E-state index in [0.717, 1.165) is 0 Å². The molecule has 2 nitrogen and oxygen atoms in total. The number of hydrogen-bond donors (Lipinski definition) is 0. The maximum Gasteiger partial charge on any atom is 0.0541 e. The maximum absolute atomic E-state index is 2.44. The molecule has 0 spiro atoms. The first-order chi connectivity index (χ1) is 25.6. The van der Waals surface area contributed by atoms with Crippen molar-refractivity contribution in [3.05, 3.63) is 193 Å². The second-order valence-corrected chi connectivity index (χ2v) is 13.9. The first-order valence-corrected chi connectivity index (χ1v) is 18.0. The molecule has 0 amide bonds. The Labute approximate surface area is 303 Å². The minimum Gasteiger partial charge on any atom is -0.309 e. The topological polar surface area (TPSA) is 9.86 Å². The van der Waals surface area contributed by atoms with Crippen LogP contribution in [0.1, 0.15) is 11.1 Å².